The van der Waals surface area contributed by atoms with Crippen LogP contribution in [0.4, 0.5) is 5.82 Å². The topological polar surface area (TPSA) is 94.3 Å². The van der Waals surface area contributed by atoms with Crippen molar-refractivity contribution in [2.75, 3.05) is 25.5 Å². The fourth-order valence-corrected chi connectivity index (χ4v) is 2.49. The molecule has 18 heavy (non-hydrogen) atoms. The largest absolute Gasteiger partial charge is 0.383 e. The molecule has 0 spiro atoms. The maximum absolute atomic E-state index is 11.9. The third kappa shape index (κ3) is 4.59. The molecule has 0 saturated heterocycles. The SMILES string of the molecule is CCCOCCCNS(=O)(=O)c1cccnc1N. The Morgan fingerprint density at radius 3 is 2.89 bits per heavy atom. The van der Waals surface area contributed by atoms with E-state index in [4.69, 9.17) is 10.5 Å². The van der Waals surface area contributed by atoms with Crippen molar-refractivity contribution in [3.63, 3.8) is 0 Å². The van der Waals surface area contributed by atoms with Crippen molar-refractivity contribution in [3.05, 3.63) is 18.3 Å². The molecule has 0 fully saturated rings. The second-order valence-electron chi connectivity index (χ2n) is 3.75. The normalized spacial score (nSPS) is 11.6. The number of aromatic nitrogens is 1. The van der Waals surface area contributed by atoms with E-state index < -0.39 is 10.0 Å². The van der Waals surface area contributed by atoms with Crippen LogP contribution >= 0.6 is 0 Å². The summed E-state index contributed by atoms with van der Waals surface area (Å²) in [6.45, 7) is 3.58. The molecule has 0 atom stereocenters. The molecule has 0 unspecified atom stereocenters. The number of anilines is 1. The van der Waals surface area contributed by atoms with Gasteiger partial charge in [-0.1, -0.05) is 6.92 Å². The van der Waals surface area contributed by atoms with Crippen molar-refractivity contribution in [1.29, 1.82) is 0 Å². The van der Waals surface area contributed by atoms with E-state index in [1.807, 2.05) is 6.92 Å². The molecule has 1 heterocycles. The highest BCUT2D eigenvalue weighted by Crippen LogP contribution is 2.13. The van der Waals surface area contributed by atoms with Gasteiger partial charge in [-0.25, -0.2) is 18.1 Å². The maximum Gasteiger partial charge on any atom is 0.244 e. The van der Waals surface area contributed by atoms with Gasteiger partial charge in [-0.15, -0.1) is 0 Å². The molecule has 1 rings (SSSR count). The summed E-state index contributed by atoms with van der Waals surface area (Å²) in [7, 11) is -3.58. The van der Waals surface area contributed by atoms with E-state index in [1.54, 1.807) is 0 Å². The Balaban J connectivity index is 2.44. The Morgan fingerprint density at radius 1 is 1.44 bits per heavy atom. The third-order valence-electron chi connectivity index (χ3n) is 2.20. The van der Waals surface area contributed by atoms with E-state index in [0.29, 0.717) is 26.2 Å². The van der Waals surface area contributed by atoms with Crippen LogP contribution in [-0.2, 0) is 14.8 Å². The highest BCUT2D eigenvalue weighted by Gasteiger charge is 2.16. The van der Waals surface area contributed by atoms with Gasteiger partial charge in [0.1, 0.15) is 10.7 Å². The summed E-state index contributed by atoms with van der Waals surface area (Å²) in [5, 5.41) is 0. The van der Waals surface area contributed by atoms with Gasteiger partial charge in [-0.2, -0.15) is 0 Å². The number of hydrogen-bond acceptors (Lipinski definition) is 5. The van der Waals surface area contributed by atoms with E-state index >= 15 is 0 Å². The summed E-state index contributed by atoms with van der Waals surface area (Å²) in [6.07, 6.45) is 3.03. The summed E-state index contributed by atoms with van der Waals surface area (Å²) >= 11 is 0. The lowest BCUT2D eigenvalue weighted by Crippen LogP contribution is -2.26. The lowest BCUT2D eigenvalue weighted by molar-refractivity contribution is 0.133. The lowest BCUT2D eigenvalue weighted by atomic mass is 10.4. The molecular weight excluding hydrogens is 254 g/mol. The van der Waals surface area contributed by atoms with Crippen molar-refractivity contribution in [2.45, 2.75) is 24.7 Å². The molecule has 0 aromatic carbocycles. The van der Waals surface area contributed by atoms with Gasteiger partial charge in [0, 0.05) is 26.0 Å². The molecule has 0 saturated carbocycles. The van der Waals surface area contributed by atoms with Gasteiger partial charge < -0.3 is 10.5 Å². The van der Waals surface area contributed by atoms with Gasteiger partial charge >= 0.3 is 0 Å². The molecule has 0 bridgehead atoms. The summed E-state index contributed by atoms with van der Waals surface area (Å²) in [6, 6.07) is 2.97. The average Bonchev–Trinajstić information content (AvgIpc) is 2.34. The van der Waals surface area contributed by atoms with E-state index in [-0.39, 0.29) is 10.7 Å². The molecule has 3 N–H and O–H groups in total. The molecule has 0 aliphatic carbocycles. The zero-order valence-electron chi connectivity index (χ0n) is 10.4. The average molecular weight is 273 g/mol. The van der Waals surface area contributed by atoms with Crippen LogP contribution in [0.3, 0.4) is 0 Å². The molecule has 0 amide bonds. The highest BCUT2D eigenvalue weighted by atomic mass is 32.2. The number of ether oxygens (including phenoxy) is 1. The standard InChI is InChI=1S/C11H19N3O3S/c1-2-8-17-9-4-7-14-18(15,16)10-5-3-6-13-11(10)12/h3,5-6,14H,2,4,7-9H2,1H3,(H2,12,13). The quantitative estimate of drug-likeness (QED) is 0.682. The summed E-state index contributed by atoms with van der Waals surface area (Å²) in [4.78, 5) is 3.76. The third-order valence-corrected chi connectivity index (χ3v) is 3.70. The maximum atomic E-state index is 11.9. The van der Waals surface area contributed by atoms with Gasteiger partial charge in [0.15, 0.2) is 0 Å². The molecule has 7 heteroatoms. The number of hydrogen-bond donors (Lipinski definition) is 2. The summed E-state index contributed by atoms with van der Waals surface area (Å²) in [5.41, 5.74) is 5.52. The minimum absolute atomic E-state index is 0.00670. The first-order valence-electron chi connectivity index (χ1n) is 5.86. The molecule has 0 radical (unpaired) electrons. The first-order valence-corrected chi connectivity index (χ1v) is 7.34. The molecule has 6 nitrogen and oxygen atoms in total. The number of rotatable bonds is 8. The predicted octanol–water partition coefficient (Wildman–Crippen LogP) is 0.759. The summed E-state index contributed by atoms with van der Waals surface area (Å²) in [5.74, 6) is 0.00670. The zero-order valence-corrected chi connectivity index (χ0v) is 11.2. The van der Waals surface area contributed by atoms with Crippen molar-refractivity contribution < 1.29 is 13.2 Å². The highest BCUT2D eigenvalue weighted by molar-refractivity contribution is 7.89. The van der Waals surface area contributed by atoms with Crippen molar-refractivity contribution in [1.82, 2.24) is 9.71 Å². The van der Waals surface area contributed by atoms with E-state index in [2.05, 4.69) is 9.71 Å². The smallest absolute Gasteiger partial charge is 0.244 e. The fraction of sp³-hybridized carbons (Fsp3) is 0.545. The van der Waals surface area contributed by atoms with Crippen LogP contribution in [0.25, 0.3) is 0 Å². The number of sulfonamides is 1. The minimum Gasteiger partial charge on any atom is -0.383 e. The Hall–Kier alpha value is -1.18. The first kappa shape index (κ1) is 14.9. The van der Waals surface area contributed by atoms with Crippen LogP contribution in [0, 0.1) is 0 Å². The second-order valence-corrected chi connectivity index (χ2v) is 5.49. The van der Waals surface area contributed by atoms with Gasteiger partial charge in [0.25, 0.3) is 0 Å². The molecule has 0 aliphatic heterocycles. The molecule has 1 aromatic heterocycles. The Morgan fingerprint density at radius 2 is 2.22 bits per heavy atom. The molecule has 102 valence electrons. The van der Waals surface area contributed by atoms with Crippen LogP contribution in [0.1, 0.15) is 19.8 Å². The molecular formula is C11H19N3O3S. The van der Waals surface area contributed by atoms with Gasteiger partial charge in [-0.05, 0) is 25.0 Å². The van der Waals surface area contributed by atoms with Gasteiger partial charge in [-0.3, -0.25) is 0 Å². The number of nitrogens with two attached hydrogens (primary N) is 1. The van der Waals surface area contributed by atoms with Gasteiger partial charge in [0.05, 0.1) is 0 Å². The van der Waals surface area contributed by atoms with E-state index in [0.717, 1.165) is 6.42 Å². The zero-order chi connectivity index (χ0) is 13.4. The number of nitrogens with one attached hydrogen (secondary N) is 1. The fourth-order valence-electron chi connectivity index (χ4n) is 1.33. The Kier molecular flexibility index (Phi) is 6.03. The van der Waals surface area contributed by atoms with E-state index in [9.17, 15) is 8.42 Å². The Labute approximate surface area is 108 Å². The van der Waals surface area contributed by atoms with Crippen LogP contribution in [0.5, 0.6) is 0 Å². The number of pyridine rings is 1. The van der Waals surface area contributed by atoms with Crippen LogP contribution in [-0.4, -0.2) is 33.2 Å². The minimum atomic E-state index is -3.58. The second kappa shape index (κ2) is 7.30. The van der Waals surface area contributed by atoms with Crippen molar-refractivity contribution in [3.8, 4) is 0 Å². The number of nitrogen functional groups attached to an aromatic ring is 1. The van der Waals surface area contributed by atoms with Gasteiger partial charge in [0.2, 0.25) is 10.0 Å². The van der Waals surface area contributed by atoms with Crippen LogP contribution in [0.2, 0.25) is 0 Å². The van der Waals surface area contributed by atoms with E-state index in [1.165, 1.54) is 18.3 Å². The van der Waals surface area contributed by atoms with Crippen molar-refractivity contribution in [2.24, 2.45) is 0 Å². The predicted molar refractivity (Wildman–Crippen MR) is 69.6 cm³/mol. The monoisotopic (exact) mass is 273 g/mol. The van der Waals surface area contributed by atoms with Crippen molar-refractivity contribution >= 4 is 15.8 Å². The summed E-state index contributed by atoms with van der Waals surface area (Å²) < 4.78 is 31.5. The molecule has 1 aromatic rings. The first-order chi connectivity index (χ1) is 8.58. The van der Waals surface area contributed by atoms with Crippen LogP contribution < -0.4 is 10.5 Å². The number of nitrogens with zero attached hydrogens (tertiary/aromatic N) is 1. The lowest BCUT2D eigenvalue weighted by Gasteiger charge is -2.08. The Bertz CT molecular complexity index is 462. The van der Waals surface area contributed by atoms with Crippen LogP contribution in [0.15, 0.2) is 23.2 Å². The molecule has 0 aliphatic rings.